The first-order valence-corrected chi connectivity index (χ1v) is 11.7. The van der Waals surface area contributed by atoms with Gasteiger partial charge >= 0.3 is 0 Å². The van der Waals surface area contributed by atoms with Crippen LogP contribution >= 0.6 is 11.6 Å². The lowest BCUT2D eigenvalue weighted by atomic mass is 9.73. The number of rotatable bonds is 2. The number of fused-ring (bicyclic) bond motifs is 2. The second-order valence-electron chi connectivity index (χ2n) is 9.24. The maximum Gasteiger partial charge on any atom is 0.211 e. The van der Waals surface area contributed by atoms with Gasteiger partial charge in [0.2, 0.25) is 5.95 Å². The van der Waals surface area contributed by atoms with E-state index < -0.39 is 0 Å². The molecule has 2 aliphatic heterocycles. The molecule has 2 N–H and O–H groups in total. The van der Waals surface area contributed by atoms with Crippen molar-refractivity contribution >= 4 is 34.2 Å². The Morgan fingerprint density at radius 1 is 1.12 bits per heavy atom. The summed E-state index contributed by atoms with van der Waals surface area (Å²) in [5.41, 5.74) is 11.5. The van der Waals surface area contributed by atoms with Gasteiger partial charge in [-0.05, 0) is 32.8 Å². The van der Waals surface area contributed by atoms with Crippen molar-refractivity contribution in [2.24, 2.45) is 11.1 Å². The van der Waals surface area contributed by atoms with Crippen LogP contribution in [-0.2, 0) is 4.74 Å². The van der Waals surface area contributed by atoms with Crippen LogP contribution in [0, 0.1) is 12.3 Å². The Hall–Kier alpha value is -2.81. The van der Waals surface area contributed by atoms with Crippen LogP contribution in [0.1, 0.15) is 25.5 Å². The number of hydrogen-bond acceptors (Lipinski definition) is 7. The van der Waals surface area contributed by atoms with Gasteiger partial charge in [-0.3, -0.25) is 14.4 Å². The zero-order valence-electron chi connectivity index (χ0n) is 18.7. The first-order chi connectivity index (χ1) is 16.0. The van der Waals surface area contributed by atoms with Crippen LogP contribution in [0.15, 0.2) is 36.9 Å². The molecule has 1 aromatic carbocycles. The maximum absolute atomic E-state index is 6.80. The van der Waals surface area contributed by atoms with Crippen LogP contribution < -0.4 is 10.6 Å². The summed E-state index contributed by atoms with van der Waals surface area (Å²) in [4.78, 5) is 20.8. The zero-order valence-corrected chi connectivity index (χ0v) is 19.5. The highest BCUT2D eigenvalue weighted by Crippen LogP contribution is 2.42. The SMILES string of the molecule is Cc1nc(N2CCC3(CC2)CO[C@@H](C)C3N)n2ccnc2c1-c1ccc2nccnc2c1Cl. The van der Waals surface area contributed by atoms with E-state index in [-0.39, 0.29) is 17.6 Å². The third-order valence-corrected chi connectivity index (χ3v) is 7.83. The Kier molecular flexibility index (Phi) is 4.79. The molecule has 33 heavy (non-hydrogen) atoms. The monoisotopic (exact) mass is 463 g/mol. The number of benzene rings is 1. The molecule has 2 saturated heterocycles. The predicted molar refractivity (Wildman–Crippen MR) is 129 cm³/mol. The maximum atomic E-state index is 6.80. The number of halogens is 1. The first kappa shape index (κ1) is 20.8. The molecule has 2 atom stereocenters. The Morgan fingerprint density at radius 3 is 2.67 bits per heavy atom. The summed E-state index contributed by atoms with van der Waals surface area (Å²) in [5, 5.41) is 0.562. The standard InChI is InChI=1S/C24H26ClN7O/c1-14-18(16-3-4-17-20(19(16)25)28-8-7-27-17)22-29-9-12-32(22)23(30-14)31-10-5-24(6-11-31)13-33-15(2)21(24)26/h3-4,7-9,12,15,21H,5-6,10-11,13,26H2,1-2H3/t15-,21?/m0/s1. The fourth-order valence-corrected chi connectivity index (χ4v) is 5.73. The van der Waals surface area contributed by atoms with Crippen molar-refractivity contribution in [1.29, 1.82) is 0 Å². The van der Waals surface area contributed by atoms with E-state index in [1.165, 1.54) is 0 Å². The fourth-order valence-electron chi connectivity index (χ4n) is 5.43. The highest BCUT2D eigenvalue weighted by Gasteiger charge is 2.47. The molecular formula is C24H26ClN7O. The molecular weight excluding hydrogens is 438 g/mol. The van der Waals surface area contributed by atoms with Gasteiger partial charge in [0.15, 0.2) is 0 Å². The Balaban J connectivity index is 1.40. The number of ether oxygens (including phenoxy) is 1. The largest absolute Gasteiger partial charge is 0.376 e. The molecule has 2 aliphatic rings. The number of anilines is 1. The van der Waals surface area contributed by atoms with Crippen molar-refractivity contribution in [2.75, 3.05) is 24.6 Å². The van der Waals surface area contributed by atoms with Crippen molar-refractivity contribution < 1.29 is 4.74 Å². The highest BCUT2D eigenvalue weighted by atomic mass is 35.5. The van der Waals surface area contributed by atoms with Gasteiger partial charge in [-0.25, -0.2) is 9.97 Å². The van der Waals surface area contributed by atoms with E-state index >= 15 is 0 Å². The van der Waals surface area contributed by atoms with Crippen molar-refractivity contribution in [3.63, 3.8) is 0 Å². The normalized spacial score (nSPS) is 22.6. The molecule has 2 fully saturated rings. The number of aromatic nitrogens is 5. The lowest BCUT2D eigenvalue weighted by Crippen LogP contribution is -2.51. The van der Waals surface area contributed by atoms with Gasteiger partial charge in [-0.1, -0.05) is 17.7 Å². The Bertz CT molecular complexity index is 1360. The number of hydrogen-bond donors (Lipinski definition) is 1. The Labute approximate surface area is 196 Å². The molecule has 8 nitrogen and oxygen atoms in total. The van der Waals surface area contributed by atoms with E-state index in [1.807, 2.05) is 31.5 Å². The molecule has 4 aromatic rings. The summed E-state index contributed by atoms with van der Waals surface area (Å²) >= 11 is 6.80. The van der Waals surface area contributed by atoms with Crippen molar-refractivity contribution in [2.45, 2.75) is 38.8 Å². The topological polar surface area (TPSA) is 94.5 Å². The highest BCUT2D eigenvalue weighted by molar-refractivity contribution is 6.38. The average molecular weight is 464 g/mol. The molecule has 1 unspecified atom stereocenters. The van der Waals surface area contributed by atoms with E-state index in [1.54, 1.807) is 12.4 Å². The smallest absolute Gasteiger partial charge is 0.211 e. The van der Waals surface area contributed by atoms with E-state index in [0.717, 1.165) is 66.5 Å². The Morgan fingerprint density at radius 2 is 1.91 bits per heavy atom. The van der Waals surface area contributed by atoms with Crippen LogP contribution in [0.5, 0.6) is 0 Å². The number of nitrogens with two attached hydrogens (primary N) is 1. The van der Waals surface area contributed by atoms with Crippen LogP contribution in [0.2, 0.25) is 5.02 Å². The van der Waals surface area contributed by atoms with Gasteiger partial charge in [-0.15, -0.1) is 0 Å². The quantitative estimate of drug-likeness (QED) is 0.485. The number of aryl methyl sites for hydroxylation is 1. The number of piperidine rings is 1. The molecule has 9 heteroatoms. The minimum Gasteiger partial charge on any atom is -0.376 e. The van der Waals surface area contributed by atoms with Crippen molar-refractivity contribution in [3.8, 4) is 11.1 Å². The third-order valence-electron chi connectivity index (χ3n) is 7.45. The van der Waals surface area contributed by atoms with Crippen LogP contribution in [0.4, 0.5) is 5.95 Å². The van der Waals surface area contributed by atoms with E-state index in [2.05, 4.69) is 31.2 Å². The third kappa shape index (κ3) is 3.12. The van der Waals surface area contributed by atoms with Crippen molar-refractivity contribution in [3.05, 3.63) is 47.6 Å². The molecule has 3 aromatic heterocycles. The summed E-state index contributed by atoms with van der Waals surface area (Å²) in [6.07, 6.45) is 9.20. The van der Waals surface area contributed by atoms with E-state index in [0.29, 0.717) is 10.5 Å². The minimum absolute atomic E-state index is 0.0681. The predicted octanol–water partition coefficient (Wildman–Crippen LogP) is 3.63. The molecule has 0 amide bonds. The second kappa shape index (κ2) is 7.62. The van der Waals surface area contributed by atoms with Gasteiger partial charge in [0.05, 0.1) is 28.9 Å². The van der Waals surface area contributed by atoms with Gasteiger partial charge in [-0.2, -0.15) is 0 Å². The van der Waals surface area contributed by atoms with Crippen LogP contribution in [-0.4, -0.2) is 56.2 Å². The van der Waals surface area contributed by atoms with Crippen LogP contribution in [0.3, 0.4) is 0 Å². The molecule has 1 spiro atoms. The van der Waals surface area contributed by atoms with Gasteiger partial charge < -0.3 is 15.4 Å². The summed E-state index contributed by atoms with van der Waals surface area (Å²) in [6.45, 7) is 6.61. The molecule has 170 valence electrons. The lowest BCUT2D eigenvalue weighted by molar-refractivity contribution is 0.0973. The fraction of sp³-hybridized carbons (Fsp3) is 0.417. The van der Waals surface area contributed by atoms with E-state index in [4.69, 9.17) is 27.1 Å². The summed E-state index contributed by atoms with van der Waals surface area (Å²) in [5.74, 6) is 0.899. The first-order valence-electron chi connectivity index (χ1n) is 11.3. The molecule has 0 bridgehead atoms. The molecule has 5 heterocycles. The molecule has 0 radical (unpaired) electrons. The zero-order chi connectivity index (χ0) is 22.7. The minimum atomic E-state index is 0.0681. The summed E-state index contributed by atoms with van der Waals surface area (Å²) < 4.78 is 7.95. The second-order valence-corrected chi connectivity index (χ2v) is 9.61. The van der Waals surface area contributed by atoms with Crippen LogP contribution in [0.25, 0.3) is 27.8 Å². The average Bonchev–Trinajstić information content (AvgIpc) is 3.42. The molecule has 0 aliphatic carbocycles. The van der Waals surface area contributed by atoms with Gasteiger partial charge in [0.25, 0.3) is 0 Å². The molecule has 6 rings (SSSR count). The molecule has 0 saturated carbocycles. The van der Waals surface area contributed by atoms with Crippen molar-refractivity contribution in [1.82, 2.24) is 24.3 Å². The number of imidazole rings is 1. The number of nitrogens with zero attached hydrogens (tertiary/aromatic N) is 6. The summed E-state index contributed by atoms with van der Waals surface area (Å²) in [7, 11) is 0. The van der Waals surface area contributed by atoms with Gasteiger partial charge in [0, 0.05) is 60.5 Å². The van der Waals surface area contributed by atoms with Gasteiger partial charge in [0.1, 0.15) is 11.2 Å². The lowest BCUT2D eigenvalue weighted by Gasteiger charge is -2.41. The van der Waals surface area contributed by atoms with E-state index in [9.17, 15) is 0 Å². The summed E-state index contributed by atoms with van der Waals surface area (Å²) in [6, 6.07) is 4.00.